The van der Waals surface area contributed by atoms with Crippen molar-refractivity contribution in [1.29, 1.82) is 0 Å². The van der Waals surface area contributed by atoms with Gasteiger partial charge in [0.2, 0.25) is 5.91 Å². The van der Waals surface area contributed by atoms with E-state index in [0.717, 1.165) is 12.8 Å². The first-order valence-corrected chi connectivity index (χ1v) is 5.29. The van der Waals surface area contributed by atoms with Crippen LogP contribution in [-0.2, 0) is 9.59 Å². The summed E-state index contributed by atoms with van der Waals surface area (Å²) in [5, 5.41) is 6.39. The minimum atomic E-state index is -0.295. The van der Waals surface area contributed by atoms with Crippen molar-refractivity contribution in [1.82, 2.24) is 10.7 Å². The van der Waals surface area contributed by atoms with Crippen molar-refractivity contribution in [2.24, 2.45) is 5.10 Å². The molecule has 0 radical (unpaired) electrons. The maximum absolute atomic E-state index is 11.7. The fraction of sp³-hybridized carbons (Fsp3) is 0.545. The smallest absolute Gasteiger partial charge is 0.268 e. The van der Waals surface area contributed by atoms with E-state index >= 15 is 0 Å². The molecule has 16 heavy (non-hydrogen) atoms. The lowest BCUT2D eigenvalue weighted by molar-refractivity contribution is -0.121. The second kappa shape index (κ2) is 5.91. The molecule has 5 nitrogen and oxygen atoms in total. The molecule has 0 saturated heterocycles. The summed E-state index contributed by atoms with van der Waals surface area (Å²) in [4.78, 5) is 22.5. The Bertz CT molecular complexity index is 355. The Balaban J connectivity index is 2.52. The molecule has 1 aliphatic heterocycles. The number of carbonyl (C=O) groups excluding carboxylic acids is 2. The van der Waals surface area contributed by atoms with Gasteiger partial charge in [-0.05, 0) is 6.42 Å². The van der Waals surface area contributed by atoms with E-state index in [4.69, 9.17) is 6.42 Å². The van der Waals surface area contributed by atoms with Crippen molar-refractivity contribution in [3.63, 3.8) is 0 Å². The van der Waals surface area contributed by atoms with Gasteiger partial charge < -0.3 is 5.32 Å². The molecule has 1 heterocycles. The topological polar surface area (TPSA) is 70.6 Å². The van der Waals surface area contributed by atoms with Gasteiger partial charge in [-0.3, -0.25) is 9.59 Å². The summed E-state index contributed by atoms with van der Waals surface area (Å²) in [5.41, 5.74) is 2.60. The normalized spacial score (nSPS) is 16.8. The average molecular weight is 221 g/mol. The first-order valence-electron chi connectivity index (χ1n) is 5.29. The second-order valence-corrected chi connectivity index (χ2v) is 3.57. The molecule has 1 atom stereocenters. The van der Waals surface area contributed by atoms with Gasteiger partial charge in [-0.2, -0.15) is 5.10 Å². The van der Waals surface area contributed by atoms with E-state index in [9.17, 15) is 9.59 Å². The molecular formula is C11H15N3O2. The molecule has 86 valence electrons. The highest BCUT2D eigenvalue weighted by Gasteiger charge is 2.19. The molecule has 0 aromatic carbocycles. The lowest BCUT2D eigenvalue weighted by atomic mass is 10.1. The van der Waals surface area contributed by atoms with Gasteiger partial charge in [0.25, 0.3) is 5.91 Å². The first-order chi connectivity index (χ1) is 7.67. The van der Waals surface area contributed by atoms with Gasteiger partial charge in [-0.1, -0.05) is 19.3 Å². The van der Waals surface area contributed by atoms with Crippen LogP contribution >= 0.6 is 0 Å². The Kier molecular flexibility index (Phi) is 4.52. The van der Waals surface area contributed by atoms with Gasteiger partial charge in [0.05, 0.1) is 6.04 Å². The van der Waals surface area contributed by atoms with Crippen molar-refractivity contribution >= 4 is 17.5 Å². The summed E-state index contributed by atoms with van der Waals surface area (Å²) in [6.45, 7) is 1.99. The molecule has 0 bridgehead atoms. The largest absolute Gasteiger partial charge is 0.337 e. The van der Waals surface area contributed by atoms with Crippen LogP contribution in [0.15, 0.2) is 5.10 Å². The number of nitrogens with zero attached hydrogens (tertiary/aromatic N) is 1. The van der Waals surface area contributed by atoms with Crippen molar-refractivity contribution in [3.05, 3.63) is 0 Å². The molecule has 0 aromatic rings. The summed E-state index contributed by atoms with van der Waals surface area (Å²) in [5.74, 6) is 2.04. The fourth-order valence-corrected chi connectivity index (χ4v) is 1.37. The van der Waals surface area contributed by atoms with Crippen LogP contribution in [0, 0.1) is 12.3 Å². The Labute approximate surface area is 94.7 Å². The van der Waals surface area contributed by atoms with E-state index in [1.54, 1.807) is 0 Å². The number of amides is 2. The van der Waals surface area contributed by atoms with Crippen LogP contribution in [0.4, 0.5) is 0 Å². The lowest BCUT2D eigenvalue weighted by Gasteiger charge is -2.15. The monoisotopic (exact) mass is 221 g/mol. The Morgan fingerprint density at radius 1 is 1.69 bits per heavy atom. The van der Waals surface area contributed by atoms with E-state index in [1.807, 2.05) is 6.92 Å². The number of carbonyl (C=O) groups is 2. The molecule has 1 unspecified atom stereocenters. The number of hydrogen-bond acceptors (Lipinski definition) is 3. The quantitative estimate of drug-likeness (QED) is 0.664. The van der Waals surface area contributed by atoms with Crippen LogP contribution in [-0.4, -0.2) is 23.6 Å². The molecule has 1 rings (SSSR count). The maximum atomic E-state index is 11.7. The Hall–Kier alpha value is -1.83. The van der Waals surface area contributed by atoms with Crippen LogP contribution in [0.3, 0.4) is 0 Å². The van der Waals surface area contributed by atoms with Gasteiger partial charge in [0.15, 0.2) is 0 Å². The van der Waals surface area contributed by atoms with Gasteiger partial charge in [-0.15, -0.1) is 6.42 Å². The number of hydrogen-bond donors (Lipinski definition) is 2. The molecule has 2 N–H and O–H groups in total. The van der Waals surface area contributed by atoms with E-state index in [-0.39, 0.29) is 17.9 Å². The van der Waals surface area contributed by atoms with Crippen LogP contribution < -0.4 is 10.7 Å². The highest BCUT2D eigenvalue weighted by molar-refractivity contribution is 6.39. The molecule has 0 saturated carbocycles. The maximum Gasteiger partial charge on any atom is 0.268 e. The van der Waals surface area contributed by atoms with Crippen LogP contribution in [0.1, 0.15) is 32.6 Å². The first kappa shape index (κ1) is 12.2. The van der Waals surface area contributed by atoms with E-state index < -0.39 is 0 Å². The third-order valence-electron chi connectivity index (χ3n) is 2.25. The lowest BCUT2D eigenvalue weighted by Crippen LogP contribution is -2.41. The van der Waals surface area contributed by atoms with E-state index in [2.05, 4.69) is 21.8 Å². The number of nitrogens with one attached hydrogen (secondary N) is 2. The minimum Gasteiger partial charge on any atom is -0.337 e. The second-order valence-electron chi connectivity index (χ2n) is 3.57. The Morgan fingerprint density at radius 3 is 2.94 bits per heavy atom. The van der Waals surface area contributed by atoms with Crippen LogP contribution in [0.5, 0.6) is 0 Å². The SMILES string of the molecule is C#CC(CCC)NC(=O)C1=NNC(=O)CC1. The van der Waals surface area contributed by atoms with Crippen molar-refractivity contribution in [2.45, 2.75) is 38.6 Å². The molecule has 5 heteroatoms. The summed E-state index contributed by atoms with van der Waals surface area (Å²) in [6.07, 6.45) is 7.58. The standard InChI is InChI=1S/C11H15N3O2/c1-3-5-8(4-2)12-11(16)9-6-7-10(15)14-13-9/h2,8H,3,5-7H2,1H3,(H,12,16)(H,14,15). The zero-order chi connectivity index (χ0) is 12.0. The molecular weight excluding hydrogens is 206 g/mol. The van der Waals surface area contributed by atoms with Crippen molar-refractivity contribution in [2.75, 3.05) is 0 Å². The molecule has 0 aromatic heterocycles. The predicted octanol–water partition coefficient (Wildman–Crippen LogP) is 0.170. The molecule has 0 spiro atoms. The summed E-state index contributed by atoms with van der Waals surface area (Å²) >= 11 is 0. The zero-order valence-corrected chi connectivity index (χ0v) is 9.25. The van der Waals surface area contributed by atoms with E-state index in [1.165, 1.54) is 0 Å². The van der Waals surface area contributed by atoms with Gasteiger partial charge in [0.1, 0.15) is 5.71 Å². The number of terminal acetylenes is 1. The highest BCUT2D eigenvalue weighted by Crippen LogP contribution is 2.01. The van der Waals surface area contributed by atoms with Crippen molar-refractivity contribution < 1.29 is 9.59 Å². The molecule has 0 fully saturated rings. The summed E-state index contributed by atoms with van der Waals surface area (Å²) in [7, 11) is 0. The number of hydrazone groups is 1. The van der Waals surface area contributed by atoms with Gasteiger partial charge in [0, 0.05) is 12.8 Å². The van der Waals surface area contributed by atoms with Crippen molar-refractivity contribution in [3.8, 4) is 12.3 Å². The van der Waals surface area contributed by atoms with Gasteiger partial charge >= 0.3 is 0 Å². The Morgan fingerprint density at radius 2 is 2.44 bits per heavy atom. The molecule has 0 aliphatic carbocycles. The average Bonchev–Trinajstić information content (AvgIpc) is 2.29. The van der Waals surface area contributed by atoms with E-state index in [0.29, 0.717) is 18.6 Å². The van der Waals surface area contributed by atoms with Crippen LogP contribution in [0.2, 0.25) is 0 Å². The zero-order valence-electron chi connectivity index (χ0n) is 9.25. The summed E-state index contributed by atoms with van der Waals surface area (Å²) < 4.78 is 0. The minimum absolute atomic E-state index is 0.168. The predicted molar refractivity (Wildman–Crippen MR) is 60.5 cm³/mol. The fourth-order valence-electron chi connectivity index (χ4n) is 1.37. The highest BCUT2D eigenvalue weighted by atomic mass is 16.2. The number of rotatable bonds is 4. The van der Waals surface area contributed by atoms with Gasteiger partial charge in [-0.25, -0.2) is 5.43 Å². The van der Waals surface area contributed by atoms with Crippen LogP contribution in [0.25, 0.3) is 0 Å². The third-order valence-corrected chi connectivity index (χ3v) is 2.25. The third kappa shape index (κ3) is 3.39. The molecule has 1 aliphatic rings. The summed E-state index contributed by atoms with van der Waals surface area (Å²) in [6, 6.07) is -0.266. The molecule has 2 amide bonds.